The molecular weight excluding hydrogens is 503 g/mol. The third-order valence-electron chi connectivity index (χ3n) is 10.7. The first-order valence-corrected chi connectivity index (χ1v) is 15.1. The van der Waals surface area contributed by atoms with Crippen molar-refractivity contribution in [1.29, 1.82) is 0 Å². The number of allylic oxidation sites excluding steroid dienone is 1. The predicted octanol–water partition coefficient (Wildman–Crippen LogP) is 9.88. The third-order valence-corrected chi connectivity index (χ3v) is 11.0. The van der Waals surface area contributed by atoms with Gasteiger partial charge < -0.3 is 9.47 Å². The van der Waals surface area contributed by atoms with Gasteiger partial charge in [0.1, 0.15) is 6.10 Å². The molecule has 0 aromatic carbocycles. The summed E-state index contributed by atoms with van der Waals surface area (Å²) in [6.45, 7) is 12.4. The maximum absolute atomic E-state index is 12.0. The van der Waals surface area contributed by atoms with Gasteiger partial charge in [-0.3, -0.25) is 0 Å². The van der Waals surface area contributed by atoms with Gasteiger partial charge in [-0.15, -0.1) is 0 Å². The van der Waals surface area contributed by atoms with Crippen LogP contribution in [0.15, 0.2) is 11.6 Å². The van der Waals surface area contributed by atoms with Crippen molar-refractivity contribution in [2.75, 3.05) is 0 Å². The van der Waals surface area contributed by atoms with E-state index in [1.165, 1.54) is 56.9 Å². The second-order valence-electron chi connectivity index (χ2n) is 13.1. The van der Waals surface area contributed by atoms with Crippen LogP contribution in [-0.4, -0.2) is 16.2 Å². The lowest BCUT2D eigenvalue weighted by atomic mass is 9.47. The largest absolute Gasteiger partial charge is 0.512 e. The van der Waals surface area contributed by atoms with Crippen molar-refractivity contribution < 1.29 is 14.3 Å². The zero-order chi connectivity index (χ0) is 25.6. The van der Waals surface area contributed by atoms with Gasteiger partial charge in [-0.05, 0) is 126 Å². The molecule has 8 atom stereocenters. The summed E-state index contributed by atoms with van der Waals surface area (Å²) < 4.78 is 8.16. The van der Waals surface area contributed by atoms with Gasteiger partial charge in [0.25, 0.3) is 0 Å². The van der Waals surface area contributed by atoms with Gasteiger partial charge in [0, 0.05) is 6.42 Å². The first kappa shape index (κ1) is 27.9. The van der Waals surface area contributed by atoms with Gasteiger partial charge in [0.2, 0.25) is 0 Å². The minimum Gasteiger partial charge on any atom is -0.431 e. The highest BCUT2D eigenvalue weighted by Gasteiger charge is 2.59. The Morgan fingerprint density at radius 1 is 1.06 bits per heavy atom. The van der Waals surface area contributed by atoms with Gasteiger partial charge in [0.05, 0.1) is 0 Å². The van der Waals surface area contributed by atoms with Crippen molar-refractivity contribution in [3.05, 3.63) is 11.6 Å². The normalized spacial score (nSPS) is 39.8. The Hall–Kier alpha value is -0.120. The monoisotopic (exact) mass is 546 g/mol. The van der Waals surface area contributed by atoms with Crippen molar-refractivity contribution in [2.24, 2.45) is 46.3 Å². The van der Waals surface area contributed by atoms with Crippen LogP contribution in [-0.2, 0) is 9.47 Å². The van der Waals surface area contributed by atoms with E-state index in [1.807, 2.05) is 0 Å². The van der Waals surface area contributed by atoms with E-state index >= 15 is 0 Å². The summed E-state index contributed by atoms with van der Waals surface area (Å²) in [5, 5.41) is 0. The molecule has 0 amide bonds. The molecule has 200 valence electrons. The van der Waals surface area contributed by atoms with E-state index < -0.39 is 10.1 Å². The maximum atomic E-state index is 12.0. The van der Waals surface area contributed by atoms with E-state index in [-0.39, 0.29) is 11.5 Å². The molecule has 0 aromatic heterocycles. The second kappa shape index (κ2) is 10.6. The first-order valence-electron chi connectivity index (χ1n) is 14.0. The fraction of sp³-hybridized carbons (Fsp3) is 0.897. The molecule has 0 saturated heterocycles. The summed E-state index contributed by atoms with van der Waals surface area (Å²) in [4.78, 5) is 12.0. The van der Waals surface area contributed by atoms with Gasteiger partial charge in [-0.25, -0.2) is 4.79 Å². The highest BCUT2D eigenvalue weighted by atomic mass is 35.6. The predicted molar refractivity (Wildman–Crippen MR) is 145 cm³/mol. The van der Waals surface area contributed by atoms with Crippen LogP contribution in [0, 0.1) is 46.3 Å². The van der Waals surface area contributed by atoms with E-state index in [9.17, 15) is 4.79 Å². The van der Waals surface area contributed by atoms with E-state index in [1.54, 1.807) is 0 Å². The summed E-state index contributed by atoms with van der Waals surface area (Å²) in [5.41, 5.74) is 2.18. The molecule has 4 rings (SSSR count). The number of hydrogen-bond acceptors (Lipinski definition) is 3. The number of ether oxygens (including phenoxy) is 2. The lowest BCUT2D eigenvalue weighted by molar-refractivity contribution is -0.0618. The minimum absolute atomic E-state index is 0.206. The number of carbonyl (C=O) groups is 1. The van der Waals surface area contributed by atoms with Crippen LogP contribution < -0.4 is 0 Å². The molecular formula is C29H45Cl3O3. The lowest BCUT2D eigenvalue weighted by Gasteiger charge is -2.58. The van der Waals surface area contributed by atoms with Crippen LogP contribution >= 0.6 is 34.8 Å². The average molecular weight is 548 g/mol. The standard InChI is InChI=1S/C29H45Cl3O3/c1-18(2)7-6-8-19(3)23-11-12-24-22-10-9-20-17-21(34-26(33)35-29(30,31)32)13-15-27(20,4)25(22)14-16-28(23,24)5/h9,18-19,21-25H,6-8,10-17H2,1-5H3/t19?,21?,22?,23-,24?,25?,27+,28-/m0/s1. The van der Waals surface area contributed by atoms with E-state index in [0.29, 0.717) is 5.41 Å². The van der Waals surface area contributed by atoms with Gasteiger partial charge in [0.15, 0.2) is 0 Å². The molecule has 0 heterocycles. The van der Waals surface area contributed by atoms with Crippen LogP contribution in [0.3, 0.4) is 0 Å². The van der Waals surface area contributed by atoms with E-state index in [2.05, 4.69) is 40.7 Å². The van der Waals surface area contributed by atoms with E-state index in [4.69, 9.17) is 44.3 Å². The molecule has 0 N–H and O–H groups in total. The van der Waals surface area contributed by atoms with Crippen molar-refractivity contribution in [3.8, 4) is 0 Å². The molecule has 35 heavy (non-hydrogen) atoms. The van der Waals surface area contributed by atoms with E-state index in [0.717, 1.165) is 54.8 Å². The molecule has 0 aromatic rings. The Kier molecular flexibility index (Phi) is 8.42. The summed E-state index contributed by atoms with van der Waals surface area (Å²) >= 11 is 16.7. The molecule has 0 bridgehead atoms. The SMILES string of the molecule is CC(C)CCCC(C)[C@@H]1CCC2C3CC=C4CC(OC(=O)OC(Cl)(Cl)Cl)CC[C@@]4(C)C3CC[C@]21C. The van der Waals surface area contributed by atoms with Gasteiger partial charge in [-0.1, -0.05) is 65.5 Å². The molecule has 0 radical (unpaired) electrons. The van der Waals surface area contributed by atoms with Crippen molar-refractivity contribution >= 4 is 41.0 Å². The number of alkyl halides is 3. The highest BCUT2D eigenvalue weighted by Crippen LogP contribution is 2.67. The molecule has 3 saturated carbocycles. The fourth-order valence-electron chi connectivity index (χ4n) is 9.01. The Bertz CT molecular complexity index is 805. The third kappa shape index (κ3) is 5.83. The zero-order valence-corrected chi connectivity index (χ0v) is 24.5. The van der Waals surface area contributed by atoms with Crippen LogP contribution in [0.2, 0.25) is 0 Å². The first-order chi connectivity index (χ1) is 16.3. The molecule has 4 aliphatic carbocycles. The second-order valence-corrected chi connectivity index (χ2v) is 15.2. The molecule has 4 aliphatic rings. The quantitative estimate of drug-likeness (QED) is 0.188. The minimum atomic E-state index is -2.09. The Morgan fingerprint density at radius 2 is 1.80 bits per heavy atom. The number of hydrogen-bond donors (Lipinski definition) is 0. The van der Waals surface area contributed by atoms with Gasteiger partial charge >= 0.3 is 10.1 Å². The van der Waals surface area contributed by atoms with Crippen LogP contribution in [0.1, 0.15) is 105 Å². The van der Waals surface area contributed by atoms with Crippen molar-refractivity contribution in [3.63, 3.8) is 0 Å². The van der Waals surface area contributed by atoms with Crippen LogP contribution in [0.5, 0.6) is 0 Å². The summed E-state index contributed by atoms with van der Waals surface area (Å²) in [6, 6.07) is 0. The highest BCUT2D eigenvalue weighted by molar-refractivity contribution is 6.66. The fourth-order valence-corrected chi connectivity index (χ4v) is 9.20. The van der Waals surface area contributed by atoms with Gasteiger partial charge in [-0.2, -0.15) is 0 Å². The number of carbonyl (C=O) groups excluding carboxylic acids is 1. The van der Waals surface area contributed by atoms with Crippen molar-refractivity contribution in [1.82, 2.24) is 0 Å². The smallest absolute Gasteiger partial charge is 0.431 e. The summed E-state index contributed by atoms with van der Waals surface area (Å²) in [6.07, 6.45) is 14.9. The maximum Gasteiger partial charge on any atom is 0.512 e. The summed E-state index contributed by atoms with van der Waals surface area (Å²) in [5.74, 6) is 4.92. The Balaban J connectivity index is 1.42. The van der Waals surface area contributed by atoms with Crippen molar-refractivity contribution in [2.45, 2.75) is 115 Å². The molecule has 0 aliphatic heterocycles. The molecule has 0 spiro atoms. The molecule has 5 unspecified atom stereocenters. The number of rotatable bonds is 6. The topological polar surface area (TPSA) is 35.5 Å². The Morgan fingerprint density at radius 3 is 2.49 bits per heavy atom. The van der Waals surface area contributed by atoms with Crippen LogP contribution in [0.25, 0.3) is 0 Å². The molecule has 6 heteroatoms. The lowest BCUT2D eigenvalue weighted by Crippen LogP contribution is -2.51. The number of halogens is 3. The molecule has 3 nitrogen and oxygen atoms in total. The zero-order valence-electron chi connectivity index (χ0n) is 22.3. The number of fused-ring (bicyclic) bond motifs is 5. The summed E-state index contributed by atoms with van der Waals surface area (Å²) in [7, 11) is 0. The molecule has 3 fully saturated rings. The Labute approximate surface area is 228 Å². The van der Waals surface area contributed by atoms with Crippen LogP contribution in [0.4, 0.5) is 4.79 Å². The average Bonchev–Trinajstić information content (AvgIpc) is 3.09.